The van der Waals surface area contributed by atoms with E-state index in [2.05, 4.69) is 51.3 Å². The highest BCUT2D eigenvalue weighted by molar-refractivity contribution is 7.89. The molecule has 0 fully saturated rings. The number of hydrogen-bond donors (Lipinski definition) is 9. The van der Waals surface area contributed by atoms with Gasteiger partial charge in [-0.15, -0.1) is 0 Å². The molecule has 3 atom stereocenters. The van der Waals surface area contributed by atoms with Crippen molar-refractivity contribution in [2.75, 3.05) is 7.11 Å². The summed E-state index contributed by atoms with van der Waals surface area (Å²) in [6.07, 6.45) is -0.209. The number of hydrogen-bond acceptors (Lipinski definition) is 17. The zero-order chi connectivity index (χ0) is 76.6. The molecule has 0 aliphatic heterocycles. The van der Waals surface area contributed by atoms with E-state index in [4.69, 9.17) is 17.2 Å². The Kier molecular flexibility index (Phi) is 27.4. The summed E-state index contributed by atoms with van der Waals surface area (Å²) in [7, 11) is -2.38. The Bertz CT molecular complexity index is 4920. The minimum absolute atomic E-state index is 0.0688. The molecule has 3 aromatic heterocycles. The van der Waals surface area contributed by atoms with Crippen LogP contribution in [0.1, 0.15) is 88.9 Å². The van der Waals surface area contributed by atoms with Crippen LogP contribution in [-0.2, 0) is 87.2 Å². The van der Waals surface area contributed by atoms with Crippen LogP contribution in [0.5, 0.6) is 0 Å². The maximum absolute atomic E-state index is 13.2. The van der Waals surface area contributed by atoms with Gasteiger partial charge < -0.3 is 48.5 Å². The molecule has 0 saturated carbocycles. The first-order valence-corrected chi connectivity index (χ1v) is 34.3. The fourth-order valence-corrected chi connectivity index (χ4v) is 11.6. The van der Waals surface area contributed by atoms with Gasteiger partial charge in [0, 0.05) is 45.8 Å². The number of nitrogens with zero attached hydrogens (tertiary/aromatic N) is 6. The molecule has 29 nitrogen and oxygen atoms in total. The topological polar surface area (TPSA) is 435 Å². The molecule has 3 unspecified atom stereocenters. The van der Waals surface area contributed by atoms with Crippen molar-refractivity contribution in [1.82, 2.24) is 60.6 Å². The maximum Gasteiger partial charge on any atom is 0.407 e. The molecule has 0 radical (unpaired) electrons. The number of amides is 8. The number of methoxy groups -OCH3 is 1. The third-order valence-corrected chi connectivity index (χ3v) is 17.3. The van der Waals surface area contributed by atoms with Crippen molar-refractivity contribution in [2.24, 2.45) is 17.2 Å². The number of nitrogens with one attached hydrogen (secondary N) is 6. The van der Waals surface area contributed by atoms with Crippen LogP contribution < -0.4 is 48.5 Å². The van der Waals surface area contributed by atoms with Crippen molar-refractivity contribution < 1.29 is 65.9 Å². The van der Waals surface area contributed by atoms with Crippen LogP contribution in [0.3, 0.4) is 0 Å². The molecule has 30 heteroatoms. The zero-order valence-electron chi connectivity index (χ0n) is 58.2. The second-order valence-corrected chi connectivity index (χ2v) is 25.7. The quantitative estimate of drug-likeness (QED) is 0.0287. The number of primary amides is 3. The number of carbonyl (C=O) groups excluding carboxylic acids is 11. The van der Waals surface area contributed by atoms with Crippen molar-refractivity contribution in [3.63, 3.8) is 0 Å². The fourth-order valence-electron chi connectivity index (χ4n) is 10.6. The Morgan fingerprint density at radius 2 is 0.679 bits per heavy atom. The Hall–Kier alpha value is -13.4. The lowest BCUT2D eigenvalue weighted by Gasteiger charge is -2.17. The highest BCUT2D eigenvalue weighted by Gasteiger charge is 2.31. The largest absolute Gasteiger partial charge is 0.453 e. The molecule has 0 spiro atoms. The van der Waals surface area contributed by atoms with E-state index < -0.39 is 87.0 Å². The number of benzene rings is 7. The van der Waals surface area contributed by atoms with Gasteiger partial charge in [-0.05, 0) is 121 Å². The predicted octanol–water partition coefficient (Wildman–Crippen LogP) is 4.70. The summed E-state index contributed by atoms with van der Waals surface area (Å²) in [4.78, 5) is 134. The van der Waals surface area contributed by atoms with Gasteiger partial charge in [-0.1, -0.05) is 146 Å². The smallest absolute Gasteiger partial charge is 0.407 e. The molecule has 10 aromatic rings. The molecule has 10 rings (SSSR count). The molecule has 106 heavy (non-hydrogen) atoms. The Morgan fingerprint density at radius 1 is 0.396 bits per heavy atom. The summed E-state index contributed by atoms with van der Waals surface area (Å²) in [5, 5.41) is 26.3. The van der Waals surface area contributed by atoms with Crippen LogP contribution in [0.15, 0.2) is 217 Å². The number of sulfonamides is 1. The van der Waals surface area contributed by atoms with Crippen LogP contribution in [-0.4, -0.2) is 128 Å². The number of rotatable bonds is 29. The highest BCUT2D eigenvalue weighted by Crippen LogP contribution is 2.20. The van der Waals surface area contributed by atoms with Crippen molar-refractivity contribution in [3.05, 3.63) is 280 Å². The van der Waals surface area contributed by atoms with Gasteiger partial charge in [-0.3, -0.25) is 47.9 Å². The average molecular weight is 1460 g/mol. The van der Waals surface area contributed by atoms with E-state index in [0.29, 0.717) is 46.3 Å². The zero-order valence-corrected chi connectivity index (χ0v) is 59.0. The molecule has 12 N–H and O–H groups in total. The molecule has 0 aliphatic carbocycles. The summed E-state index contributed by atoms with van der Waals surface area (Å²) in [6, 6.07) is 57.5. The van der Waals surface area contributed by atoms with Crippen molar-refractivity contribution >= 4 is 74.8 Å². The molecule has 7 aromatic carbocycles. The number of alkyl carbamates (subject to hydrolysis) is 1. The number of Topliss-reactive ketones (excluding diaryl/α,β-unsaturated/α-hetero) is 3. The predicted molar refractivity (Wildman–Crippen MR) is 389 cm³/mol. The minimum atomic E-state index is -3.66. The van der Waals surface area contributed by atoms with Gasteiger partial charge in [-0.25, -0.2) is 32.0 Å². The van der Waals surface area contributed by atoms with Crippen LogP contribution in [0.25, 0.3) is 17.1 Å². The SMILES string of the molecule is CC(=O)NCc1ccc(-n2nc(C)cc2C(=O)NC(Cc2ccccc2)C(=O)C(N)=O)cc1.COC(=O)NCc1ccc(-n2nc(C)cc2C(=O)NC(Cc2ccccc2)C(=O)C(N)=O)cc1.Cc1cc(C(=O)NC(Cc2ccccc2)C(=O)C(N)=O)n(-c2ccc(CNS(=O)(=O)c3ccccc3)cc2)n1. The van der Waals surface area contributed by atoms with Crippen molar-refractivity contribution in [1.29, 1.82) is 0 Å². The van der Waals surface area contributed by atoms with Crippen LogP contribution in [0, 0.1) is 20.8 Å². The lowest BCUT2D eigenvalue weighted by Crippen LogP contribution is -2.47. The Morgan fingerprint density at radius 3 is 0.962 bits per heavy atom. The van der Waals surface area contributed by atoms with Gasteiger partial charge in [0.1, 0.15) is 35.2 Å². The summed E-state index contributed by atoms with van der Waals surface area (Å²) >= 11 is 0. The molecular weight excluding hydrogens is 1380 g/mol. The monoisotopic (exact) mass is 1460 g/mol. The molecule has 0 bridgehead atoms. The van der Waals surface area contributed by atoms with Gasteiger partial charge in [-0.2, -0.15) is 15.3 Å². The first kappa shape index (κ1) is 78.4. The van der Waals surface area contributed by atoms with Gasteiger partial charge in [0.2, 0.25) is 33.3 Å². The average Bonchev–Trinajstić information content (AvgIpc) is 1.65. The molecular formula is C76H77N15O14S. The van der Waals surface area contributed by atoms with Crippen molar-refractivity contribution in [2.45, 2.75) is 89.6 Å². The van der Waals surface area contributed by atoms with E-state index >= 15 is 0 Å². The Balaban J connectivity index is 0.000000202. The number of aromatic nitrogens is 6. The lowest BCUT2D eigenvalue weighted by atomic mass is 10.0. The lowest BCUT2D eigenvalue weighted by molar-refractivity contribution is -0.137. The van der Waals surface area contributed by atoms with Crippen LogP contribution in [0.4, 0.5) is 4.79 Å². The summed E-state index contributed by atoms with van der Waals surface area (Å²) in [5.74, 6) is -7.92. The molecule has 546 valence electrons. The fraction of sp³-hybridized carbons (Fsp3) is 0.184. The van der Waals surface area contributed by atoms with E-state index in [1.807, 2.05) is 30.3 Å². The van der Waals surface area contributed by atoms with Crippen LogP contribution in [0.2, 0.25) is 0 Å². The van der Waals surface area contributed by atoms with Gasteiger partial charge >= 0.3 is 6.09 Å². The maximum atomic E-state index is 13.2. The highest BCUT2D eigenvalue weighted by atomic mass is 32.2. The van der Waals surface area contributed by atoms with Gasteiger partial charge in [0.05, 0.1) is 46.1 Å². The second kappa shape index (κ2) is 37.0. The van der Waals surface area contributed by atoms with Gasteiger partial charge in [0.25, 0.3) is 35.4 Å². The summed E-state index contributed by atoms with van der Waals surface area (Å²) < 4.78 is 36.4. The van der Waals surface area contributed by atoms with E-state index in [0.717, 1.165) is 27.8 Å². The number of carbonyl (C=O) groups is 11. The van der Waals surface area contributed by atoms with E-state index in [1.165, 1.54) is 40.2 Å². The summed E-state index contributed by atoms with van der Waals surface area (Å²) in [6.45, 7) is 7.37. The van der Waals surface area contributed by atoms with E-state index in [9.17, 15) is 61.2 Å². The first-order valence-electron chi connectivity index (χ1n) is 32.8. The number of ketones is 3. The number of ether oxygens (including phenoxy) is 1. The standard InChI is InChI=1S/C28H27N5O5S.C24H25N5O5.C24H25N5O4/c1-19-16-25(28(36)31-24(26(34)27(29)35)17-20-8-4-2-5-9-20)33(32-19)22-14-12-21(13-15-22)18-30-39(37,38)23-10-6-3-7-11-23;1-15-12-20(29(28-15)18-10-8-17(9-11-18)14-26-24(33)34-2)23(32)27-19(21(30)22(25)31)13-16-6-4-3-5-7-16;1-15-12-21(29(28-15)19-10-8-18(9-11-19)14-26-16(2)30)24(33)27-20(22(31)23(25)32)13-17-6-4-3-5-7-17/h2-16,24,30H,17-18H2,1H3,(H2,29,35)(H,31,36);3-12,19H,13-14H2,1-2H3,(H2,25,31)(H,26,33)(H,27,32);3-12,20H,13-14H2,1-2H3,(H2,25,32)(H,26,30)(H,27,33). The number of aryl methyl sites for hydroxylation is 3. The third kappa shape index (κ3) is 22.3. The van der Waals surface area contributed by atoms with Crippen molar-refractivity contribution in [3.8, 4) is 17.1 Å². The third-order valence-electron chi connectivity index (χ3n) is 15.9. The van der Waals surface area contributed by atoms with E-state index in [1.54, 1.807) is 191 Å². The molecule has 8 amide bonds. The van der Waals surface area contributed by atoms with E-state index in [-0.39, 0.29) is 60.2 Å². The summed E-state index contributed by atoms with van der Waals surface area (Å²) in [5.41, 5.74) is 24.4. The molecule has 3 heterocycles. The number of nitrogens with two attached hydrogens (primary N) is 3. The first-order chi connectivity index (χ1) is 50.7. The molecule has 0 aliphatic rings. The molecule has 0 saturated heterocycles. The minimum Gasteiger partial charge on any atom is -0.453 e. The van der Waals surface area contributed by atoms with Crippen LogP contribution >= 0.6 is 0 Å². The normalized spacial score (nSPS) is 11.6. The Labute approximate surface area is 609 Å². The van der Waals surface area contributed by atoms with Gasteiger partial charge in [0.15, 0.2) is 0 Å². The second-order valence-electron chi connectivity index (χ2n) is 24.0.